The minimum absolute atomic E-state index is 0.149. The first-order chi connectivity index (χ1) is 12.0. The molecule has 0 aliphatic carbocycles. The van der Waals surface area contributed by atoms with Crippen molar-refractivity contribution in [2.24, 2.45) is 0 Å². The van der Waals surface area contributed by atoms with E-state index in [0.717, 1.165) is 12.8 Å². The van der Waals surface area contributed by atoms with Crippen LogP contribution in [0.2, 0.25) is 0 Å². The fourth-order valence-corrected chi connectivity index (χ4v) is 3.54. The van der Waals surface area contributed by atoms with Gasteiger partial charge >= 0.3 is 0 Å². The number of benzene rings is 1. The van der Waals surface area contributed by atoms with Gasteiger partial charge in [0.2, 0.25) is 5.91 Å². The number of hydrogen-bond donors (Lipinski definition) is 1. The molecule has 0 bridgehead atoms. The Kier molecular flexibility index (Phi) is 4.85. The highest BCUT2D eigenvalue weighted by atomic mass is 16.5. The molecule has 2 heterocycles. The number of unbranched alkanes of at least 4 members (excludes halogenated alkanes) is 1. The first kappa shape index (κ1) is 17.5. The highest BCUT2D eigenvalue weighted by molar-refractivity contribution is 6.11. The summed E-state index contributed by atoms with van der Waals surface area (Å²) < 4.78 is 10.7. The number of methoxy groups -OCH3 is 2. The number of fused-ring (bicyclic) bond motifs is 2. The second-order valence-electron chi connectivity index (χ2n) is 6.43. The lowest BCUT2D eigenvalue weighted by Crippen LogP contribution is -2.45. The molecule has 7 nitrogen and oxygen atoms in total. The third-order valence-electron chi connectivity index (χ3n) is 4.85. The van der Waals surface area contributed by atoms with E-state index in [1.165, 1.54) is 19.1 Å². The molecule has 7 heteroatoms. The van der Waals surface area contributed by atoms with Crippen LogP contribution in [0, 0.1) is 0 Å². The molecule has 0 saturated carbocycles. The third-order valence-corrected chi connectivity index (χ3v) is 4.85. The molecule has 0 aromatic heterocycles. The molecule has 2 atom stereocenters. The summed E-state index contributed by atoms with van der Waals surface area (Å²) in [5, 5.41) is 9.97. The van der Waals surface area contributed by atoms with Gasteiger partial charge in [-0.05, 0) is 12.5 Å². The standard InChI is InChI=1S/C18H24N2O5/c1-4-5-6-19-13-9-16(25-3)15(24-2)8-12(13)17(22)20-10-11(21)7-14(20)18(19)23/h8-9,11,14,21H,4-7,10H2,1-3H3/t11-,14+/m1/s1. The van der Waals surface area contributed by atoms with Crippen molar-refractivity contribution in [1.29, 1.82) is 0 Å². The minimum Gasteiger partial charge on any atom is -0.493 e. The van der Waals surface area contributed by atoms with Gasteiger partial charge in [0.15, 0.2) is 11.5 Å². The van der Waals surface area contributed by atoms with Crippen molar-refractivity contribution in [3.63, 3.8) is 0 Å². The SMILES string of the molecule is CCCCN1C(=O)[C@@H]2C[C@@H](O)CN2C(=O)c2cc(OC)c(OC)cc21. The van der Waals surface area contributed by atoms with Crippen molar-refractivity contribution in [2.45, 2.75) is 38.3 Å². The molecule has 1 N–H and O–H groups in total. The fourth-order valence-electron chi connectivity index (χ4n) is 3.54. The summed E-state index contributed by atoms with van der Waals surface area (Å²) in [6.07, 6.45) is 1.35. The Morgan fingerprint density at radius 3 is 2.52 bits per heavy atom. The highest BCUT2D eigenvalue weighted by Gasteiger charge is 2.45. The Morgan fingerprint density at radius 2 is 1.88 bits per heavy atom. The number of hydrogen-bond acceptors (Lipinski definition) is 5. The van der Waals surface area contributed by atoms with Crippen molar-refractivity contribution < 1.29 is 24.2 Å². The van der Waals surface area contributed by atoms with Crippen molar-refractivity contribution in [2.75, 3.05) is 32.2 Å². The van der Waals surface area contributed by atoms with E-state index < -0.39 is 12.1 Å². The van der Waals surface area contributed by atoms with Crippen molar-refractivity contribution in [1.82, 2.24) is 4.90 Å². The van der Waals surface area contributed by atoms with Crippen LogP contribution in [-0.2, 0) is 4.79 Å². The molecular formula is C18H24N2O5. The van der Waals surface area contributed by atoms with Gasteiger partial charge in [0.1, 0.15) is 6.04 Å². The van der Waals surface area contributed by atoms with E-state index in [4.69, 9.17) is 9.47 Å². The van der Waals surface area contributed by atoms with Crippen LogP contribution < -0.4 is 14.4 Å². The molecule has 1 aromatic rings. The van der Waals surface area contributed by atoms with E-state index in [0.29, 0.717) is 29.3 Å². The molecule has 2 amide bonds. The third kappa shape index (κ3) is 2.93. The average Bonchev–Trinajstić information content (AvgIpc) is 2.99. The van der Waals surface area contributed by atoms with Crippen molar-refractivity contribution in [3.05, 3.63) is 17.7 Å². The van der Waals surface area contributed by atoms with E-state index in [-0.39, 0.29) is 24.8 Å². The van der Waals surface area contributed by atoms with Crippen LogP contribution in [-0.4, -0.2) is 61.3 Å². The zero-order valence-corrected chi connectivity index (χ0v) is 14.8. The lowest BCUT2D eigenvalue weighted by Gasteiger charge is -2.26. The number of carbonyl (C=O) groups is 2. The molecule has 2 aliphatic heterocycles. The number of nitrogens with zero attached hydrogens (tertiary/aromatic N) is 2. The number of aliphatic hydroxyl groups excluding tert-OH is 1. The molecule has 25 heavy (non-hydrogen) atoms. The molecule has 136 valence electrons. The molecule has 1 fully saturated rings. The second kappa shape index (κ2) is 6.92. The number of aliphatic hydroxyl groups is 1. The number of rotatable bonds is 5. The van der Waals surface area contributed by atoms with E-state index in [1.54, 1.807) is 17.0 Å². The molecule has 1 saturated heterocycles. The quantitative estimate of drug-likeness (QED) is 0.871. The zero-order valence-electron chi connectivity index (χ0n) is 14.8. The van der Waals surface area contributed by atoms with E-state index >= 15 is 0 Å². The van der Waals surface area contributed by atoms with Crippen molar-refractivity contribution >= 4 is 17.5 Å². The van der Waals surface area contributed by atoms with Gasteiger partial charge in [0.05, 0.1) is 31.6 Å². The summed E-state index contributed by atoms with van der Waals surface area (Å²) in [7, 11) is 3.03. The van der Waals surface area contributed by atoms with Gasteiger partial charge in [-0.3, -0.25) is 9.59 Å². The summed E-state index contributed by atoms with van der Waals surface area (Å²) >= 11 is 0. The first-order valence-electron chi connectivity index (χ1n) is 8.58. The highest BCUT2D eigenvalue weighted by Crippen LogP contribution is 2.39. The summed E-state index contributed by atoms with van der Waals surface area (Å²) in [6, 6.07) is 2.69. The molecule has 0 spiro atoms. The summed E-state index contributed by atoms with van der Waals surface area (Å²) in [5.41, 5.74) is 0.948. The van der Waals surface area contributed by atoms with Crippen LogP contribution in [0.3, 0.4) is 0 Å². The maximum Gasteiger partial charge on any atom is 0.256 e. The number of ether oxygens (including phenoxy) is 2. The van der Waals surface area contributed by atoms with Crippen LogP contribution in [0.4, 0.5) is 5.69 Å². The number of anilines is 1. The normalized spacial score (nSPS) is 22.6. The van der Waals surface area contributed by atoms with E-state index in [2.05, 4.69) is 6.92 Å². The van der Waals surface area contributed by atoms with Crippen LogP contribution >= 0.6 is 0 Å². The predicted octanol–water partition coefficient (Wildman–Crippen LogP) is 1.43. The molecule has 0 unspecified atom stereocenters. The molecule has 3 rings (SSSR count). The Hall–Kier alpha value is -2.28. The predicted molar refractivity (Wildman–Crippen MR) is 92.3 cm³/mol. The molecule has 1 aromatic carbocycles. The van der Waals surface area contributed by atoms with Crippen molar-refractivity contribution in [3.8, 4) is 11.5 Å². The minimum atomic E-state index is -0.674. The number of amides is 2. The van der Waals surface area contributed by atoms with Crippen LogP contribution in [0.5, 0.6) is 11.5 Å². The largest absolute Gasteiger partial charge is 0.493 e. The summed E-state index contributed by atoms with van der Waals surface area (Å²) in [6.45, 7) is 2.74. The smallest absolute Gasteiger partial charge is 0.256 e. The molecule has 0 radical (unpaired) electrons. The summed E-state index contributed by atoms with van der Waals surface area (Å²) in [5.74, 6) is 0.510. The topological polar surface area (TPSA) is 79.3 Å². The van der Waals surface area contributed by atoms with E-state index in [1.807, 2.05) is 0 Å². The first-order valence-corrected chi connectivity index (χ1v) is 8.58. The lowest BCUT2D eigenvalue weighted by molar-refractivity contribution is -0.122. The second-order valence-corrected chi connectivity index (χ2v) is 6.43. The Balaban J connectivity index is 2.15. The van der Waals surface area contributed by atoms with Gasteiger partial charge in [0.25, 0.3) is 5.91 Å². The van der Waals surface area contributed by atoms with Gasteiger partial charge in [-0.15, -0.1) is 0 Å². The Morgan fingerprint density at radius 1 is 1.20 bits per heavy atom. The average molecular weight is 348 g/mol. The van der Waals surface area contributed by atoms with Gasteiger partial charge < -0.3 is 24.4 Å². The van der Waals surface area contributed by atoms with Gasteiger partial charge in [0, 0.05) is 25.6 Å². The van der Waals surface area contributed by atoms with Gasteiger partial charge in [-0.1, -0.05) is 13.3 Å². The number of carbonyl (C=O) groups excluding carboxylic acids is 2. The molecular weight excluding hydrogens is 324 g/mol. The van der Waals surface area contributed by atoms with Crippen LogP contribution in [0.15, 0.2) is 12.1 Å². The Bertz CT molecular complexity index is 690. The Labute approximate surface area is 147 Å². The summed E-state index contributed by atoms with van der Waals surface area (Å²) in [4.78, 5) is 29.3. The monoisotopic (exact) mass is 348 g/mol. The lowest BCUT2D eigenvalue weighted by atomic mass is 10.1. The van der Waals surface area contributed by atoms with E-state index in [9.17, 15) is 14.7 Å². The molecule has 2 aliphatic rings. The van der Waals surface area contributed by atoms with Crippen LogP contribution in [0.25, 0.3) is 0 Å². The maximum absolute atomic E-state index is 13.1. The fraction of sp³-hybridized carbons (Fsp3) is 0.556. The zero-order chi connectivity index (χ0) is 18.1. The maximum atomic E-state index is 13.1. The van der Waals surface area contributed by atoms with Crippen LogP contribution in [0.1, 0.15) is 36.5 Å². The van der Waals surface area contributed by atoms with Gasteiger partial charge in [-0.25, -0.2) is 0 Å². The van der Waals surface area contributed by atoms with Gasteiger partial charge in [-0.2, -0.15) is 0 Å².